The van der Waals surface area contributed by atoms with E-state index in [1.54, 1.807) is 12.1 Å². The molecule has 0 aromatic heterocycles. The van der Waals surface area contributed by atoms with E-state index in [0.29, 0.717) is 13.1 Å². The van der Waals surface area contributed by atoms with Crippen LogP contribution in [0.5, 0.6) is 0 Å². The van der Waals surface area contributed by atoms with Gasteiger partial charge in [-0.15, -0.1) is 0 Å². The highest BCUT2D eigenvalue weighted by molar-refractivity contribution is 5.83. The Morgan fingerprint density at radius 3 is 2.40 bits per heavy atom. The summed E-state index contributed by atoms with van der Waals surface area (Å²) in [5, 5.41) is 13.9. The van der Waals surface area contributed by atoms with Gasteiger partial charge in [-0.05, 0) is 24.5 Å². The van der Waals surface area contributed by atoms with E-state index in [-0.39, 0.29) is 17.6 Å². The first-order chi connectivity index (χ1) is 12.0. The monoisotopic (exact) mass is 339 g/mol. The summed E-state index contributed by atoms with van der Waals surface area (Å²) in [6.45, 7) is 3.94. The van der Waals surface area contributed by atoms with Crippen molar-refractivity contribution < 1.29 is 9.72 Å². The molecular weight excluding hydrogens is 318 g/mol. The fourth-order valence-electron chi connectivity index (χ4n) is 2.98. The van der Waals surface area contributed by atoms with Crippen molar-refractivity contribution in [2.75, 3.05) is 6.54 Å². The normalized spacial score (nSPS) is 17.1. The number of benzene rings is 2. The van der Waals surface area contributed by atoms with Crippen molar-refractivity contribution in [2.45, 2.75) is 32.5 Å². The number of nitrogens with zero attached hydrogens (tertiary/aromatic N) is 2. The van der Waals surface area contributed by atoms with Crippen molar-refractivity contribution in [1.29, 1.82) is 0 Å². The summed E-state index contributed by atoms with van der Waals surface area (Å²) in [5.41, 5.74) is 3.34. The lowest BCUT2D eigenvalue weighted by Crippen LogP contribution is -2.37. The molecule has 1 aliphatic heterocycles. The van der Waals surface area contributed by atoms with Gasteiger partial charge >= 0.3 is 0 Å². The van der Waals surface area contributed by atoms with Crippen LogP contribution in [0, 0.1) is 17.0 Å². The van der Waals surface area contributed by atoms with Crippen molar-refractivity contribution in [3.63, 3.8) is 0 Å². The van der Waals surface area contributed by atoms with E-state index >= 15 is 0 Å². The maximum Gasteiger partial charge on any atom is 0.269 e. The lowest BCUT2D eigenvalue weighted by Gasteiger charge is -2.17. The van der Waals surface area contributed by atoms with Gasteiger partial charge in [0.25, 0.3) is 5.69 Å². The molecule has 1 atom stereocenters. The van der Waals surface area contributed by atoms with Gasteiger partial charge < -0.3 is 10.2 Å². The predicted molar refractivity (Wildman–Crippen MR) is 94.9 cm³/mol. The predicted octanol–water partition coefficient (Wildman–Crippen LogP) is 2.79. The molecule has 1 heterocycles. The molecule has 0 saturated carbocycles. The number of non-ortho nitro benzene ring substituents is 1. The molecule has 1 N–H and O–H groups in total. The fraction of sp³-hybridized carbons (Fsp3) is 0.316. The van der Waals surface area contributed by atoms with Crippen LogP contribution in [0.1, 0.15) is 23.1 Å². The third-order valence-electron chi connectivity index (χ3n) is 4.49. The van der Waals surface area contributed by atoms with E-state index in [9.17, 15) is 14.9 Å². The molecule has 1 aliphatic rings. The minimum atomic E-state index is -0.416. The van der Waals surface area contributed by atoms with E-state index in [1.165, 1.54) is 17.7 Å². The van der Waals surface area contributed by atoms with Crippen LogP contribution >= 0.6 is 0 Å². The maximum absolute atomic E-state index is 12.5. The molecule has 0 unspecified atom stereocenters. The lowest BCUT2D eigenvalue weighted by molar-refractivity contribution is -0.384. The molecule has 0 aliphatic carbocycles. The molecule has 6 nitrogen and oxygen atoms in total. The van der Waals surface area contributed by atoms with Crippen molar-refractivity contribution in [3.05, 3.63) is 75.3 Å². The SMILES string of the molecule is Cc1ccc(CN2CC[C@H](NCc3ccc([N+](=O)[O-])cc3)C2=O)cc1. The van der Waals surface area contributed by atoms with Gasteiger partial charge in [-0.2, -0.15) is 0 Å². The molecule has 1 fully saturated rings. The Morgan fingerprint density at radius 2 is 1.76 bits per heavy atom. The third-order valence-corrected chi connectivity index (χ3v) is 4.49. The molecule has 2 aromatic carbocycles. The van der Waals surface area contributed by atoms with Crippen molar-refractivity contribution >= 4 is 11.6 Å². The number of nitro benzene ring substituents is 1. The number of nitrogens with one attached hydrogen (secondary N) is 1. The van der Waals surface area contributed by atoms with Gasteiger partial charge in [-0.1, -0.05) is 42.0 Å². The molecule has 3 rings (SSSR count). The van der Waals surface area contributed by atoms with Crippen LogP contribution in [0.2, 0.25) is 0 Å². The van der Waals surface area contributed by atoms with Crippen LogP contribution in [-0.4, -0.2) is 28.3 Å². The van der Waals surface area contributed by atoms with Crippen molar-refractivity contribution in [2.24, 2.45) is 0 Å². The minimum absolute atomic E-state index is 0.0740. The largest absolute Gasteiger partial charge is 0.337 e. The standard InChI is InChI=1S/C19H21N3O3/c1-14-2-4-16(5-3-14)13-21-11-10-18(19(21)23)20-12-15-6-8-17(9-7-15)22(24)25/h2-9,18,20H,10-13H2,1H3/t18-/m0/s1. The fourth-order valence-corrected chi connectivity index (χ4v) is 2.98. The first kappa shape index (κ1) is 17.1. The van der Waals surface area contributed by atoms with Gasteiger partial charge in [0.05, 0.1) is 11.0 Å². The Labute approximate surface area is 146 Å². The molecule has 130 valence electrons. The zero-order valence-corrected chi connectivity index (χ0v) is 14.1. The number of hydrogen-bond acceptors (Lipinski definition) is 4. The Morgan fingerprint density at radius 1 is 1.12 bits per heavy atom. The van der Waals surface area contributed by atoms with E-state index < -0.39 is 4.92 Å². The average molecular weight is 339 g/mol. The second-order valence-corrected chi connectivity index (χ2v) is 6.39. The van der Waals surface area contributed by atoms with Crippen LogP contribution in [-0.2, 0) is 17.9 Å². The Balaban J connectivity index is 1.53. The summed E-state index contributed by atoms with van der Waals surface area (Å²) in [5.74, 6) is 0.113. The topological polar surface area (TPSA) is 75.5 Å². The first-order valence-electron chi connectivity index (χ1n) is 8.34. The average Bonchev–Trinajstić information content (AvgIpc) is 2.95. The Bertz CT molecular complexity index is 756. The van der Waals surface area contributed by atoms with Crippen LogP contribution in [0.3, 0.4) is 0 Å². The number of aryl methyl sites for hydroxylation is 1. The zero-order valence-electron chi connectivity index (χ0n) is 14.1. The number of amides is 1. The Kier molecular flexibility index (Phi) is 5.09. The van der Waals surface area contributed by atoms with Gasteiger partial charge in [0, 0.05) is 31.8 Å². The van der Waals surface area contributed by atoms with Crippen LogP contribution in [0.4, 0.5) is 5.69 Å². The number of carbonyl (C=O) groups is 1. The summed E-state index contributed by atoms with van der Waals surface area (Å²) >= 11 is 0. The number of hydrogen-bond donors (Lipinski definition) is 1. The van der Waals surface area contributed by atoms with Crippen LogP contribution < -0.4 is 5.32 Å². The quantitative estimate of drug-likeness (QED) is 0.649. The molecule has 0 spiro atoms. The molecule has 6 heteroatoms. The van der Waals surface area contributed by atoms with E-state index in [2.05, 4.69) is 29.6 Å². The molecule has 0 bridgehead atoms. The van der Waals surface area contributed by atoms with E-state index in [4.69, 9.17) is 0 Å². The highest BCUT2D eigenvalue weighted by Crippen LogP contribution is 2.17. The number of likely N-dealkylation sites (tertiary alicyclic amines) is 1. The molecule has 1 saturated heterocycles. The second kappa shape index (κ2) is 7.44. The van der Waals surface area contributed by atoms with Gasteiger partial charge in [0.2, 0.25) is 5.91 Å². The third kappa shape index (κ3) is 4.22. The Hall–Kier alpha value is -2.73. The summed E-state index contributed by atoms with van der Waals surface area (Å²) in [6, 6.07) is 14.4. The van der Waals surface area contributed by atoms with E-state index in [0.717, 1.165) is 24.1 Å². The summed E-state index contributed by atoms with van der Waals surface area (Å²) in [7, 11) is 0. The zero-order chi connectivity index (χ0) is 17.8. The highest BCUT2D eigenvalue weighted by Gasteiger charge is 2.30. The summed E-state index contributed by atoms with van der Waals surface area (Å²) in [6.07, 6.45) is 0.775. The first-order valence-corrected chi connectivity index (χ1v) is 8.34. The van der Waals surface area contributed by atoms with Gasteiger partial charge in [0.15, 0.2) is 0 Å². The van der Waals surface area contributed by atoms with Crippen molar-refractivity contribution in [1.82, 2.24) is 10.2 Å². The summed E-state index contributed by atoms with van der Waals surface area (Å²) < 4.78 is 0. The molecular formula is C19H21N3O3. The van der Waals surface area contributed by atoms with Gasteiger partial charge in [-0.25, -0.2) is 0 Å². The van der Waals surface area contributed by atoms with Gasteiger partial charge in [-0.3, -0.25) is 14.9 Å². The number of carbonyl (C=O) groups excluding carboxylic acids is 1. The minimum Gasteiger partial charge on any atom is -0.337 e. The molecule has 25 heavy (non-hydrogen) atoms. The number of rotatable bonds is 6. The van der Waals surface area contributed by atoms with Crippen LogP contribution in [0.25, 0.3) is 0 Å². The molecule has 0 radical (unpaired) electrons. The number of nitro groups is 1. The maximum atomic E-state index is 12.5. The van der Waals surface area contributed by atoms with E-state index in [1.807, 2.05) is 11.8 Å². The highest BCUT2D eigenvalue weighted by atomic mass is 16.6. The second-order valence-electron chi connectivity index (χ2n) is 6.39. The lowest BCUT2D eigenvalue weighted by atomic mass is 10.1. The van der Waals surface area contributed by atoms with Crippen LogP contribution in [0.15, 0.2) is 48.5 Å². The smallest absolute Gasteiger partial charge is 0.269 e. The summed E-state index contributed by atoms with van der Waals surface area (Å²) in [4.78, 5) is 24.6. The molecule has 2 aromatic rings. The molecule has 1 amide bonds. The van der Waals surface area contributed by atoms with Gasteiger partial charge in [0.1, 0.15) is 0 Å². The van der Waals surface area contributed by atoms with Crippen molar-refractivity contribution in [3.8, 4) is 0 Å².